The number of urea groups is 1. The fourth-order valence-corrected chi connectivity index (χ4v) is 3.51. The molecule has 0 bridgehead atoms. The third kappa shape index (κ3) is 4.68. The Hall–Kier alpha value is -3.07. The quantitative estimate of drug-likeness (QED) is 0.839. The molecule has 2 aliphatic rings. The molecular weight excluding hydrogens is 372 g/mol. The molecule has 1 N–H and O–H groups in total. The molecule has 154 valence electrons. The normalized spacial score (nSPS) is 17.2. The van der Waals surface area contributed by atoms with E-state index in [1.54, 1.807) is 13.3 Å². The first-order chi connectivity index (χ1) is 14.2. The van der Waals surface area contributed by atoms with Gasteiger partial charge in [0.15, 0.2) is 5.82 Å². The molecule has 2 aromatic rings. The van der Waals surface area contributed by atoms with Gasteiger partial charge in [0, 0.05) is 51.0 Å². The topological polar surface area (TPSA) is 83.1 Å². The Morgan fingerprint density at radius 3 is 2.45 bits per heavy atom. The van der Waals surface area contributed by atoms with E-state index in [9.17, 15) is 4.79 Å². The van der Waals surface area contributed by atoms with Crippen LogP contribution in [-0.2, 0) is 4.74 Å². The summed E-state index contributed by atoms with van der Waals surface area (Å²) < 4.78 is 10.6. The molecule has 0 spiro atoms. The first-order valence-electron chi connectivity index (χ1n) is 9.83. The number of morpholine rings is 1. The van der Waals surface area contributed by atoms with Crippen molar-refractivity contribution >= 4 is 23.2 Å². The highest BCUT2D eigenvalue weighted by Crippen LogP contribution is 2.21. The zero-order chi connectivity index (χ0) is 20.1. The van der Waals surface area contributed by atoms with Gasteiger partial charge in [-0.3, -0.25) is 0 Å². The van der Waals surface area contributed by atoms with Crippen LogP contribution in [0.25, 0.3) is 0 Å². The maximum absolute atomic E-state index is 12.5. The average molecular weight is 398 g/mol. The molecule has 0 aliphatic carbocycles. The first-order valence-corrected chi connectivity index (χ1v) is 9.83. The number of benzene rings is 1. The summed E-state index contributed by atoms with van der Waals surface area (Å²) in [6.45, 7) is 5.90. The molecule has 2 amide bonds. The predicted molar refractivity (Wildman–Crippen MR) is 111 cm³/mol. The number of amides is 2. The molecule has 0 radical (unpaired) electrons. The summed E-state index contributed by atoms with van der Waals surface area (Å²) in [5.74, 6) is 1.64. The van der Waals surface area contributed by atoms with E-state index < -0.39 is 0 Å². The van der Waals surface area contributed by atoms with Gasteiger partial charge in [-0.15, -0.1) is 5.10 Å². The second-order valence-corrected chi connectivity index (χ2v) is 7.00. The van der Waals surface area contributed by atoms with Crippen LogP contribution in [0.5, 0.6) is 5.75 Å². The number of carbonyl (C=O) groups is 1. The lowest BCUT2D eigenvalue weighted by Gasteiger charge is -2.36. The summed E-state index contributed by atoms with van der Waals surface area (Å²) in [7, 11) is 1.62. The van der Waals surface area contributed by atoms with E-state index in [-0.39, 0.29) is 6.03 Å². The van der Waals surface area contributed by atoms with Gasteiger partial charge in [-0.05, 0) is 24.3 Å². The molecule has 3 heterocycles. The van der Waals surface area contributed by atoms with E-state index >= 15 is 0 Å². The molecule has 4 rings (SSSR count). The van der Waals surface area contributed by atoms with Crippen LogP contribution in [0, 0.1) is 0 Å². The minimum Gasteiger partial charge on any atom is -0.497 e. The molecular formula is C20H26N6O3. The van der Waals surface area contributed by atoms with E-state index in [0.29, 0.717) is 26.3 Å². The zero-order valence-corrected chi connectivity index (χ0v) is 16.6. The lowest BCUT2D eigenvalue weighted by molar-refractivity contribution is 0.122. The van der Waals surface area contributed by atoms with Crippen molar-refractivity contribution in [3.63, 3.8) is 0 Å². The van der Waals surface area contributed by atoms with Crippen molar-refractivity contribution in [1.29, 1.82) is 0 Å². The summed E-state index contributed by atoms with van der Waals surface area (Å²) >= 11 is 0. The molecule has 9 nitrogen and oxygen atoms in total. The molecule has 1 aromatic heterocycles. The number of methoxy groups -OCH3 is 1. The van der Waals surface area contributed by atoms with Gasteiger partial charge in [0.2, 0.25) is 0 Å². The highest BCUT2D eigenvalue weighted by Gasteiger charge is 2.22. The summed E-state index contributed by atoms with van der Waals surface area (Å²) in [6.07, 6.45) is 1.79. The van der Waals surface area contributed by atoms with Gasteiger partial charge in [0.05, 0.1) is 32.2 Å². The number of ether oxygens (including phenoxy) is 2. The van der Waals surface area contributed by atoms with Gasteiger partial charge in [0.25, 0.3) is 0 Å². The highest BCUT2D eigenvalue weighted by atomic mass is 16.5. The molecule has 2 aliphatic heterocycles. The monoisotopic (exact) mass is 398 g/mol. The lowest BCUT2D eigenvalue weighted by Crippen LogP contribution is -2.50. The summed E-state index contributed by atoms with van der Waals surface area (Å²) in [5.41, 5.74) is 1.79. The maximum atomic E-state index is 12.5. The number of hydrogen-bond donors (Lipinski definition) is 1. The largest absolute Gasteiger partial charge is 0.497 e. The maximum Gasteiger partial charge on any atom is 0.321 e. The van der Waals surface area contributed by atoms with Crippen molar-refractivity contribution in [2.24, 2.45) is 0 Å². The molecule has 29 heavy (non-hydrogen) atoms. The standard InChI is InChI=1S/C20H26N6O3/c1-28-18-4-2-16(3-5-18)22-20(27)26-8-6-24(7-9-26)17-14-19(23-21-15-17)25-10-12-29-13-11-25/h2-5,14-15H,6-13H2,1H3,(H,22,27). The zero-order valence-electron chi connectivity index (χ0n) is 16.6. The van der Waals surface area contributed by atoms with Gasteiger partial charge in [0.1, 0.15) is 5.75 Å². The predicted octanol–water partition coefficient (Wildman–Crippen LogP) is 1.68. The Morgan fingerprint density at radius 2 is 1.76 bits per heavy atom. The SMILES string of the molecule is COc1ccc(NC(=O)N2CCN(c3cnnc(N4CCOCC4)c3)CC2)cc1. The van der Waals surface area contributed by atoms with Gasteiger partial charge in [-0.25, -0.2) is 4.79 Å². The Labute approximate surface area is 170 Å². The van der Waals surface area contributed by atoms with Gasteiger partial charge in [-0.2, -0.15) is 5.10 Å². The highest BCUT2D eigenvalue weighted by molar-refractivity contribution is 5.89. The van der Waals surface area contributed by atoms with Gasteiger partial charge < -0.3 is 29.5 Å². The molecule has 0 atom stereocenters. The van der Waals surface area contributed by atoms with Crippen molar-refractivity contribution in [1.82, 2.24) is 15.1 Å². The van der Waals surface area contributed by atoms with E-state index in [2.05, 4.69) is 31.4 Å². The van der Waals surface area contributed by atoms with Crippen molar-refractivity contribution in [2.75, 3.05) is 74.7 Å². The van der Waals surface area contributed by atoms with Gasteiger partial charge >= 0.3 is 6.03 Å². The van der Waals surface area contributed by atoms with Crippen molar-refractivity contribution in [3.8, 4) is 5.75 Å². The second-order valence-electron chi connectivity index (χ2n) is 7.00. The van der Waals surface area contributed by atoms with E-state index in [4.69, 9.17) is 9.47 Å². The van der Waals surface area contributed by atoms with Crippen LogP contribution >= 0.6 is 0 Å². The Bertz CT molecular complexity index is 817. The Balaban J connectivity index is 1.32. The van der Waals surface area contributed by atoms with Crippen LogP contribution in [0.3, 0.4) is 0 Å². The molecule has 2 saturated heterocycles. The van der Waals surface area contributed by atoms with Crippen molar-refractivity contribution in [2.45, 2.75) is 0 Å². The number of piperazine rings is 1. The number of nitrogens with zero attached hydrogens (tertiary/aromatic N) is 5. The van der Waals surface area contributed by atoms with Crippen molar-refractivity contribution in [3.05, 3.63) is 36.5 Å². The summed E-state index contributed by atoms with van der Waals surface area (Å²) in [4.78, 5) is 18.8. The third-order valence-electron chi connectivity index (χ3n) is 5.24. The molecule has 0 unspecified atom stereocenters. The number of rotatable bonds is 4. The average Bonchev–Trinajstić information content (AvgIpc) is 2.80. The Morgan fingerprint density at radius 1 is 1.03 bits per heavy atom. The number of nitrogens with one attached hydrogen (secondary N) is 1. The number of hydrogen-bond acceptors (Lipinski definition) is 7. The fourth-order valence-electron chi connectivity index (χ4n) is 3.51. The molecule has 0 saturated carbocycles. The van der Waals surface area contributed by atoms with E-state index in [0.717, 1.165) is 49.1 Å². The fraction of sp³-hybridized carbons (Fsp3) is 0.450. The van der Waals surface area contributed by atoms with Crippen LogP contribution in [0.4, 0.5) is 22.0 Å². The van der Waals surface area contributed by atoms with E-state index in [1.807, 2.05) is 29.2 Å². The first kappa shape index (κ1) is 19.3. The molecule has 9 heteroatoms. The number of anilines is 3. The van der Waals surface area contributed by atoms with Crippen LogP contribution in [-0.4, -0.2) is 80.7 Å². The number of carbonyl (C=O) groups excluding carboxylic acids is 1. The van der Waals surface area contributed by atoms with Crippen LogP contribution in [0.2, 0.25) is 0 Å². The van der Waals surface area contributed by atoms with Crippen LogP contribution in [0.15, 0.2) is 36.5 Å². The van der Waals surface area contributed by atoms with Crippen molar-refractivity contribution < 1.29 is 14.3 Å². The smallest absolute Gasteiger partial charge is 0.321 e. The minimum atomic E-state index is -0.0864. The van der Waals surface area contributed by atoms with Crippen LogP contribution in [0.1, 0.15) is 0 Å². The van der Waals surface area contributed by atoms with Gasteiger partial charge in [-0.1, -0.05) is 0 Å². The number of aromatic nitrogens is 2. The van der Waals surface area contributed by atoms with E-state index in [1.165, 1.54) is 0 Å². The Kier molecular flexibility index (Phi) is 5.95. The minimum absolute atomic E-state index is 0.0864. The summed E-state index contributed by atoms with van der Waals surface area (Å²) in [5, 5.41) is 11.4. The van der Waals surface area contributed by atoms with Crippen LogP contribution < -0.4 is 19.9 Å². The summed E-state index contributed by atoms with van der Waals surface area (Å²) in [6, 6.07) is 9.32. The lowest BCUT2D eigenvalue weighted by atomic mass is 10.2. The second kappa shape index (κ2) is 8.95. The third-order valence-corrected chi connectivity index (χ3v) is 5.24. The molecule has 2 fully saturated rings. The molecule has 1 aromatic carbocycles.